The van der Waals surface area contributed by atoms with Crippen molar-refractivity contribution in [3.63, 3.8) is 0 Å². The maximum atomic E-state index is 14.2. The number of aryl methyl sites for hydroxylation is 2. The van der Waals surface area contributed by atoms with E-state index in [0.717, 1.165) is 36.0 Å². The average molecular weight is 425 g/mol. The number of hydrogen-bond acceptors (Lipinski definition) is 1. The molecule has 0 saturated heterocycles. The summed E-state index contributed by atoms with van der Waals surface area (Å²) in [5.41, 5.74) is 4.02. The van der Waals surface area contributed by atoms with Crippen LogP contribution < -0.4 is 0 Å². The van der Waals surface area contributed by atoms with E-state index in [1.165, 1.54) is 76.2 Å². The van der Waals surface area contributed by atoms with Gasteiger partial charge in [0, 0.05) is 19.3 Å². The zero-order valence-electron chi connectivity index (χ0n) is 19.7. The molecule has 0 unspecified atom stereocenters. The van der Waals surface area contributed by atoms with Gasteiger partial charge in [-0.25, -0.2) is 4.39 Å². The Morgan fingerprint density at radius 3 is 2.13 bits per heavy atom. The number of unbranched alkanes of at least 4 members (excludes halogenated alkanes) is 4. The Morgan fingerprint density at radius 1 is 0.806 bits per heavy atom. The highest BCUT2D eigenvalue weighted by Gasteiger charge is 2.20. The van der Waals surface area contributed by atoms with Gasteiger partial charge in [-0.05, 0) is 60.8 Å². The molecule has 170 valence electrons. The van der Waals surface area contributed by atoms with Crippen molar-refractivity contribution in [3.05, 3.63) is 59.4 Å². The van der Waals surface area contributed by atoms with E-state index in [1.54, 1.807) is 13.2 Å². The largest absolute Gasteiger partial charge is 0.385 e. The van der Waals surface area contributed by atoms with Crippen LogP contribution >= 0.6 is 0 Å². The van der Waals surface area contributed by atoms with E-state index in [2.05, 4.69) is 24.3 Å². The molecule has 0 spiro atoms. The van der Waals surface area contributed by atoms with Crippen LogP contribution in [0.4, 0.5) is 4.39 Å². The van der Waals surface area contributed by atoms with Crippen LogP contribution in [0, 0.1) is 24.6 Å². The lowest BCUT2D eigenvalue weighted by molar-refractivity contribution is 0.191. The Bertz CT molecular complexity index is 759. The summed E-state index contributed by atoms with van der Waals surface area (Å²) in [6.07, 6.45) is 16.3. The van der Waals surface area contributed by atoms with Crippen molar-refractivity contribution in [3.8, 4) is 11.1 Å². The maximum Gasteiger partial charge on any atom is 0.131 e. The van der Waals surface area contributed by atoms with Crippen LogP contribution in [0.25, 0.3) is 11.1 Å². The van der Waals surface area contributed by atoms with Crippen LogP contribution in [0.2, 0.25) is 0 Å². The van der Waals surface area contributed by atoms with E-state index < -0.39 is 0 Å². The van der Waals surface area contributed by atoms with E-state index in [0.29, 0.717) is 5.56 Å². The van der Waals surface area contributed by atoms with Gasteiger partial charge < -0.3 is 4.74 Å². The van der Waals surface area contributed by atoms with Gasteiger partial charge in [0.15, 0.2) is 0 Å². The van der Waals surface area contributed by atoms with Crippen LogP contribution in [0.15, 0.2) is 42.5 Å². The third kappa shape index (κ3) is 8.07. The van der Waals surface area contributed by atoms with Crippen LogP contribution in [0.3, 0.4) is 0 Å². The van der Waals surface area contributed by atoms with E-state index in [4.69, 9.17) is 4.74 Å². The number of ether oxygens (including phenoxy) is 1. The summed E-state index contributed by atoms with van der Waals surface area (Å²) in [4.78, 5) is 0. The minimum absolute atomic E-state index is 0.129. The standard InChI is InChI=1S/C29H41FO/c1-23-9-20-28(29(30)22-23)27-18-16-26(17-19-27)15-14-25-12-10-24(11-13-25)8-6-4-3-5-7-21-31-2/h9,16-20,22,24-25H,3-8,10-15,21H2,1-2H3. The monoisotopic (exact) mass is 424 g/mol. The molecule has 1 saturated carbocycles. The Hall–Kier alpha value is -1.67. The third-order valence-electron chi connectivity index (χ3n) is 7.16. The highest BCUT2D eigenvalue weighted by Crippen LogP contribution is 2.34. The molecule has 0 aliphatic heterocycles. The molecule has 0 N–H and O–H groups in total. The SMILES string of the molecule is COCCCCCCCC1CCC(CCc2ccc(-c3ccc(C)cc3F)cc2)CC1. The fourth-order valence-corrected chi connectivity index (χ4v) is 5.09. The zero-order chi connectivity index (χ0) is 21.9. The number of rotatable bonds is 12. The van der Waals surface area contributed by atoms with Gasteiger partial charge in [-0.3, -0.25) is 0 Å². The lowest BCUT2D eigenvalue weighted by Crippen LogP contribution is -2.15. The number of hydrogen-bond donors (Lipinski definition) is 0. The minimum Gasteiger partial charge on any atom is -0.385 e. The summed E-state index contributed by atoms with van der Waals surface area (Å²) in [6.45, 7) is 2.84. The first-order chi connectivity index (χ1) is 15.2. The number of benzene rings is 2. The lowest BCUT2D eigenvalue weighted by Gasteiger charge is -2.28. The molecular weight excluding hydrogens is 383 g/mol. The fraction of sp³-hybridized carbons (Fsp3) is 0.586. The smallest absolute Gasteiger partial charge is 0.131 e. The van der Waals surface area contributed by atoms with E-state index >= 15 is 0 Å². The first kappa shape index (κ1) is 24.0. The number of halogens is 1. The first-order valence-corrected chi connectivity index (χ1v) is 12.5. The summed E-state index contributed by atoms with van der Waals surface area (Å²) in [6, 6.07) is 14.0. The van der Waals surface area contributed by atoms with Crippen molar-refractivity contribution >= 4 is 0 Å². The molecule has 0 bridgehead atoms. The van der Waals surface area contributed by atoms with Crippen molar-refractivity contribution in [2.24, 2.45) is 11.8 Å². The van der Waals surface area contributed by atoms with Gasteiger partial charge in [0.1, 0.15) is 5.82 Å². The molecular formula is C29H41FO. The normalized spacial score (nSPS) is 18.9. The molecule has 1 nitrogen and oxygen atoms in total. The summed E-state index contributed by atoms with van der Waals surface area (Å²) >= 11 is 0. The van der Waals surface area contributed by atoms with E-state index in [9.17, 15) is 4.39 Å². The van der Waals surface area contributed by atoms with Gasteiger partial charge in [0.25, 0.3) is 0 Å². The van der Waals surface area contributed by atoms with Gasteiger partial charge in [-0.1, -0.05) is 94.2 Å². The average Bonchev–Trinajstić information content (AvgIpc) is 2.78. The van der Waals surface area contributed by atoms with Crippen LogP contribution in [0.5, 0.6) is 0 Å². The summed E-state index contributed by atoms with van der Waals surface area (Å²) < 4.78 is 19.3. The predicted octanol–water partition coefficient (Wildman–Crippen LogP) is 8.53. The zero-order valence-corrected chi connectivity index (χ0v) is 19.7. The molecule has 2 aromatic rings. The molecule has 0 heterocycles. The second-order valence-electron chi connectivity index (χ2n) is 9.65. The van der Waals surface area contributed by atoms with Gasteiger partial charge in [0.05, 0.1) is 0 Å². The van der Waals surface area contributed by atoms with Crippen molar-refractivity contribution in [1.29, 1.82) is 0 Å². The Morgan fingerprint density at radius 2 is 1.45 bits per heavy atom. The van der Waals surface area contributed by atoms with E-state index in [1.807, 2.05) is 19.1 Å². The Kier molecular flexibility index (Phi) is 10.1. The minimum atomic E-state index is -0.129. The van der Waals surface area contributed by atoms with Crippen molar-refractivity contribution < 1.29 is 9.13 Å². The van der Waals surface area contributed by atoms with Crippen LogP contribution in [-0.4, -0.2) is 13.7 Å². The van der Waals surface area contributed by atoms with Crippen molar-refractivity contribution in [2.75, 3.05) is 13.7 Å². The molecule has 2 aromatic carbocycles. The maximum absolute atomic E-state index is 14.2. The number of methoxy groups -OCH3 is 1. The Labute approximate surface area is 189 Å². The van der Waals surface area contributed by atoms with Crippen molar-refractivity contribution in [2.45, 2.75) is 84.0 Å². The molecule has 1 fully saturated rings. The summed E-state index contributed by atoms with van der Waals surface area (Å²) in [5.74, 6) is 1.73. The van der Waals surface area contributed by atoms with E-state index in [-0.39, 0.29) is 5.82 Å². The quantitative estimate of drug-likeness (QED) is 0.310. The summed E-state index contributed by atoms with van der Waals surface area (Å²) in [7, 11) is 1.79. The molecule has 0 aromatic heterocycles. The molecule has 1 aliphatic carbocycles. The highest BCUT2D eigenvalue weighted by molar-refractivity contribution is 5.64. The topological polar surface area (TPSA) is 9.23 Å². The lowest BCUT2D eigenvalue weighted by atomic mass is 9.77. The van der Waals surface area contributed by atoms with Gasteiger partial charge in [-0.2, -0.15) is 0 Å². The third-order valence-corrected chi connectivity index (χ3v) is 7.16. The Balaban J connectivity index is 1.32. The summed E-state index contributed by atoms with van der Waals surface area (Å²) in [5, 5.41) is 0. The van der Waals surface area contributed by atoms with Gasteiger partial charge in [-0.15, -0.1) is 0 Å². The van der Waals surface area contributed by atoms with Crippen molar-refractivity contribution in [1.82, 2.24) is 0 Å². The first-order valence-electron chi connectivity index (χ1n) is 12.5. The molecule has 3 rings (SSSR count). The molecule has 1 aliphatic rings. The molecule has 0 atom stereocenters. The van der Waals surface area contributed by atoms with Gasteiger partial charge >= 0.3 is 0 Å². The van der Waals surface area contributed by atoms with Gasteiger partial charge in [0.2, 0.25) is 0 Å². The second kappa shape index (κ2) is 13.0. The molecule has 31 heavy (non-hydrogen) atoms. The molecule has 0 amide bonds. The molecule has 0 radical (unpaired) electrons. The fourth-order valence-electron chi connectivity index (χ4n) is 5.09. The van der Waals surface area contributed by atoms with Crippen LogP contribution in [0.1, 0.15) is 81.8 Å². The highest BCUT2D eigenvalue weighted by atomic mass is 19.1. The van der Waals surface area contributed by atoms with Crippen LogP contribution in [-0.2, 0) is 11.2 Å². The second-order valence-corrected chi connectivity index (χ2v) is 9.65. The molecule has 2 heteroatoms. The predicted molar refractivity (Wildman–Crippen MR) is 130 cm³/mol.